The first-order valence-corrected chi connectivity index (χ1v) is 7.90. The van der Waals surface area contributed by atoms with E-state index >= 15 is 0 Å². The summed E-state index contributed by atoms with van der Waals surface area (Å²) in [4.78, 5) is 25.4. The fourth-order valence-corrected chi connectivity index (χ4v) is 3.04. The van der Waals surface area contributed by atoms with Gasteiger partial charge in [-0.05, 0) is 48.2 Å². The van der Waals surface area contributed by atoms with Crippen molar-refractivity contribution >= 4 is 29.0 Å². The number of furan rings is 1. The zero-order valence-corrected chi connectivity index (χ0v) is 13.4. The molecule has 2 heterocycles. The van der Waals surface area contributed by atoms with Gasteiger partial charge in [0.05, 0.1) is 16.5 Å². The van der Waals surface area contributed by atoms with Crippen LogP contribution in [0.1, 0.15) is 11.3 Å². The van der Waals surface area contributed by atoms with Gasteiger partial charge >= 0.3 is 0 Å². The smallest absolute Gasteiger partial charge is 0.293 e. The van der Waals surface area contributed by atoms with Gasteiger partial charge < -0.3 is 4.42 Å². The highest BCUT2D eigenvalue weighted by atomic mass is 32.2. The minimum Gasteiger partial charge on any atom is -0.457 e. The molecule has 0 atom stereocenters. The molecule has 0 radical (unpaired) electrons. The Balaban J connectivity index is 1.83. The van der Waals surface area contributed by atoms with Crippen molar-refractivity contribution in [1.82, 2.24) is 4.90 Å². The first-order chi connectivity index (χ1) is 11.6. The lowest BCUT2D eigenvalue weighted by molar-refractivity contribution is -0.122. The monoisotopic (exact) mass is 336 g/mol. The van der Waals surface area contributed by atoms with Crippen LogP contribution in [0.3, 0.4) is 0 Å². The van der Waals surface area contributed by atoms with E-state index < -0.39 is 0 Å². The van der Waals surface area contributed by atoms with Gasteiger partial charge in [0, 0.05) is 18.2 Å². The van der Waals surface area contributed by atoms with Crippen LogP contribution in [0, 0.1) is 11.3 Å². The molecule has 0 bridgehead atoms. The number of hydrogen-bond acceptors (Lipinski definition) is 5. The van der Waals surface area contributed by atoms with Crippen LogP contribution in [-0.2, 0) is 4.79 Å². The fourth-order valence-electron chi connectivity index (χ4n) is 2.21. The maximum absolute atomic E-state index is 12.2. The SMILES string of the molecule is C=CCN1C(=O)S/C(=C/c2ccc(-c3ccc(C#N)cc3)o2)C1=O. The van der Waals surface area contributed by atoms with Crippen LogP contribution in [0.25, 0.3) is 17.4 Å². The van der Waals surface area contributed by atoms with Crippen molar-refractivity contribution in [2.75, 3.05) is 6.54 Å². The summed E-state index contributed by atoms with van der Waals surface area (Å²) < 4.78 is 5.71. The summed E-state index contributed by atoms with van der Waals surface area (Å²) in [5, 5.41) is 8.50. The Morgan fingerprint density at radius 2 is 1.96 bits per heavy atom. The van der Waals surface area contributed by atoms with Gasteiger partial charge in [0.15, 0.2) is 0 Å². The van der Waals surface area contributed by atoms with Gasteiger partial charge in [-0.15, -0.1) is 6.58 Å². The number of carbonyl (C=O) groups excluding carboxylic acids is 2. The minimum absolute atomic E-state index is 0.191. The molecule has 1 saturated heterocycles. The molecule has 0 aliphatic carbocycles. The summed E-state index contributed by atoms with van der Waals surface area (Å²) in [5.74, 6) is 0.760. The summed E-state index contributed by atoms with van der Waals surface area (Å²) in [5.41, 5.74) is 1.40. The molecule has 3 rings (SSSR count). The zero-order chi connectivity index (χ0) is 17.1. The summed E-state index contributed by atoms with van der Waals surface area (Å²) in [6.45, 7) is 3.73. The van der Waals surface area contributed by atoms with Gasteiger partial charge in [-0.25, -0.2) is 0 Å². The maximum Gasteiger partial charge on any atom is 0.293 e. The van der Waals surface area contributed by atoms with Crippen LogP contribution >= 0.6 is 11.8 Å². The topological polar surface area (TPSA) is 74.3 Å². The van der Waals surface area contributed by atoms with Crippen molar-refractivity contribution < 1.29 is 14.0 Å². The van der Waals surface area contributed by atoms with Gasteiger partial charge in [-0.2, -0.15) is 5.26 Å². The molecule has 6 heteroatoms. The highest BCUT2D eigenvalue weighted by molar-refractivity contribution is 8.18. The summed E-state index contributed by atoms with van der Waals surface area (Å²) >= 11 is 0.881. The second-order valence-electron chi connectivity index (χ2n) is 4.97. The molecular weight excluding hydrogens is 324 g/mol. The van der Waals surface area contributed by atoms with E-state index in [0.717, 1.165) is 22.2 Å². The van der Waals surface area contributed by atoms with Crippen LogP contribution in [0.2, 0.25) is 0 Å². The molecule has 118 valence electrons. The number of rotatable bonds is 4. The molecule has 5 nitrogen and oxygen atoms in total. The Bertz CT molecular complexity index is 888. The quantitative estimate of drug-likeness (QED) is 0.622. The van der Waals surface area contributed by atoms with E-state index in [0.29, 0.717) is 22.0 Å². The van der Waals surface area contributed by atoms with Gasteiger partial charge in [-0.3, -0.25) is 14.5 Å². The Kier molecular flexibility index (Phi) is 4.36. The van der Waals surface area contributed by atoms with E-state index in [1.165, 1.54) is 6.08 Å². The number of nitrogens with zero attached hydrogens (tertiary/aromatic N) is 2. The number of imide groups is 1. The van der Waals surface area contributed by atoms with Crippen molar-refractivity contribution in [3.63, 3.8) is 0 Å². The molecule has 24 heavy (non-hydrogen) atoms. The Morgan fingerprint density at radius 3 is 2.62 bits per heavy atom. The average molecular weight is 336 g/mol. The highest BCUT2D eigenvalue weighted by Gasteiger charge is 2.34. The molecule has 1 fully saturated rings. The normalized spacial score (nSPS) is 15.8. The minimum atomic E-state index is -0.346. The number of amides is 2. The Morgan fingerprint density at radius 1 is 1.21 bits per heavy atom. The number of carbonyl (C=O) groups is 2. The average Bonchev–Trinajstić information content (AvgIpc) is 3.16. The Hall–Kier alpha value is -3.04. The third kappa shape index (κ3) is 3.03. The van der Waals surface area contributed by atoms with Crippen molar-refractivity contribution in [3.8, 4) is 17.4 Å². The van der Waals surface area contributed by atoms with Crippen LogP contribution in [0.15, 0.2) is 58.4 Å². The van der Waals surface area contributed by atoms with E-state index in [2.05, 4.69) is 12.6 Å². The van der Waals surface area contributed by atoms with Crippen LogP contribution in [-0.4, -0.2) is 22.6 Å². The number of hydrogen-bond donors (Lipinski definition) is 0. The second kappa shape index (κ2) is 6.60. The molecule has 0 spiro atoms. The molecule has 1 aliphatic rings. The van der Waals surface area contributed by atoms with Crippen LogP contribution in [0.5, 0.6) is 0 Å². The predicted molar refractivity (Wildman–Crippen MR) is 91.7 cm³/mol. The predicted octanol–water partition coefficient (Wildman–Crippen LogP) is 4.04. The number of thioether (sulfide) groups is 1. The van der Waals surface area contributed by atoms with E-state index in [4.69, 9.17) is 9.68 Å². The summed E-state index contributed by atoms with van der Waals surface area (Å²) in [6.07, 6.45) is 3.07. The van der Waals surface area contributed by atoms with Gasteiger partial charge in [-0.1, -0.05) is 6.08 Å². The van der Waals surface area contributed by atoms with E-state index in [-0.39, 0.29) is 17.7 Å². The Labute approximate surface area is 142 Å². The van der Waals surface area contributed by atoms with Gasteiger partial charge in [0.25, 0.3) is 11.1 Å². The van der Waals surface area contributed by atoms with Crippen molar-refractivity contribution in [2.45, 2.75) is 0 Å². The van der Waals surface area contributed by atoms with E-state index in [1.54, 1.807) is 42.5 Å². The zero-order valence-electron chi connectivity index (χ0n) is 12.6. The first-order valence-electron chi connectivity index (χ1n) is 7.09. The maximum atomic E-state index is 12.2. The molecule has 0 saturated carbocycles. The first kappa shape index (κ1) is 15.8. The third-order valence-corrected chi connectivity index (χ3v) is 4.29. The molecule has 2 amide bonds. The molecule has 1 aliphatic heterocycles. The molecule has 1 aromatic heterocycles. The van der Waals surface area contributed by atoms with Crippen molar-refractivity contribution in [3.05, 3.63) is 65.3 Å². The lowest BCUT2D eigenvalue weighted by Gasteiger charge is -2.07. The largest absolute Gasteiger partial charge is 0.457 e. The van der Waals surface area contributed by atoms with Crippen molar-refractivity contribution in [1.29, 1.82) is 5.26 Å². The molecule has 0 N–H and O–H groups in total. The molecule has 2 aromatic rings. The van der Waals surface area contributed by atoms with Crippen LogP contribution < -0.4 is 0 Å². The molecular formula is C18H12N2O3S. The number of nitriles is 1. The summed E-state index contributed by atoms with van der Waals surface area (Å²) in [6, 6.07) is 12.6. The van der Waals surface area contributed by atoms with Gasteiger partial charge in [0.2, 0.25) is 0 Å². The fraction of sp³-hybridized carbons (Fsp3) is 0.0556. The lowest BCUT2D eigenvalue weighted by Crippen LogP contribution is -2.27. The van der Waals surface area contributed by atoms with Crippen LogP contribution in [0.4, 0.5) is 4.79 Å². The van der Waals surface area contributed by atoms with Gasteiger partial charge in [0.1, 0.15) is 11.5 Å². The lowest BCUT2D eigenvalue weighted by atomic mass is 10.1. The third-order valence-electron chi connectivity index (χ3n) is 3.38. The van der Waals surface area contributed by atoms with Crippen molar-refractivity contribution in [2.24, 2.45) is 0 Å². The van der Waals surface area contributed by atoms with E-state index in [1.807, 2.05) is 0 Å². The second-order valence-corrected chi connectivity index (χ2v) is 5.97. The number of benzene rings is 1. The summed E-state index contributed by atoms with van der Waals surface area (Å²) in [7, 11) is 0. The molecule has 1 aromatic carbocycles. The standard InChI is InChI=1S/C18H12N2O3S/c1-2-9-20-17(21)16(24-18(20)22)10-14-7-8-15(23-14)13-5-3-12(11-19)4-6-13/h2-8,10H,1,9H2/b16-10+. The highest BCUT2D eigenvalue weighted by Crippen LogP contribution is 2.33. The molecule has 0 unspecified atom stereocenters. The van der Waals surface area contributed by atoms with E-state index in [9.17, 15) is 9.59 Å².